The summed E-state index contributed by atoms with van der Waals surface area (Å²) >= 11 is 0. The van der Waals surface area contributed by atoms with E-state index < -0.39 is 0 Å². The molecule has 0 heterocycles. The molecule has 0 aliphatic carbocycles. The molecule has 0 fully saturated rings. The van der Waals surface area contributed by atoms with Gasteiger partial charge in [-0.05, 0) is 25.7 Å². The molecule has 0 amide bonds. The van der Waals surface area contributed by atoms with Crippen molar-refractivity contribution in [2.24, 2.45) is 0 Å². The third-order valence-corrected chi connectivity index (χ3v) is 1.75. The first-order valence-electron chi connectivity index (χ1n) is 5.64. The van der Waals surface area contributed by atoms with E-state index in [0.717, 1.165) is 38.5 Å². The highest BCUT2D eigenvalue weighted by Gasteiger charge is 1.85. The molecule has 0 saturated heterocycles. The first kappa shape index (κ1) is 13.1. The first-order chi connectivity index (χ1) is 6.91. The molecule has 77 valence electrons. The Labute approximate surface area is 89.5 Å². The standard InChI is InChI=1S/C14H21/c1-3-5-7-9-11-13-14-12-10-8-6-4-2/h14H,3-5,10-13H2,1-2H3. The lowest BCUT2D eigenvalue weighted by Gasteiger charge is -1.91. The second kappa shape index (κ2) is 12.1. The average Bonchev–Trinajstić information content (AvgIpc) is 2.21. The zero-order chi connectivity index (χ0) is 10.5. The minimum atomic E-state index is 0.975. The molecule has 0 aromatic heterocycles. The zero-order valence-corrected chi connectivity index (χ0v) is 9.53. The monoisotopic (exact) mass is 189 g/mol. The van der Waals surface area contributed by atoms with Gasteiger partial charge in [0, 0.05) is 25.7 Å². The van der Waals surface area contributed by atoms with Crippen LogP contribution in [0.3, 0.4) is 0 Å². The van der Waals surface area contributed by atoms with Crippen LogP contribution in [0.5, 0.6) is 0 Å². The Bertz CT molecular complexity index is 216. The van der Waals surface area contributed by atoms with E-state index in [-0.39, 0.29) is 0 Å². The average molecular weight is 189 g/mol. The van der Waals surface area contributed by atoms with Crippen LogP contribution in [0.4, 0.5) is 0 Å². The Morgan fingerprint density at radius 3 is 1.93 bits per heavy atom. The van der Waals surface area contributed by atoms with Crippen LogP contribution in [0.1, 0.15) is 58.8 Å². The number of rotatable bonds is 5. The van der Waals surface area contributed by atoms with E-state index in [2.05, 4.69) is 44.0 Å². The molecule has 0 atom stereocenters. The summed E-state index contributed by atoms with van der Waals surface area (Å²) in [5.41, 5.74) is 0. The van der Waals surface area contributed by atoms with Crippen LogP contribution in [0.2, 0.25) is 0 Å². The van der Waals surface area contributed by atoms with Crippen LogP contribution in [-0.4, -0.2) is 0 Å². The van der Waals surface area contributed by atoms with Crippen LogP contribution >= 0.6 is 0 Å². The summed E-state index contributed by atoms with van der Waals surface area (Å²) in [6.45, 7) is 4.24. The van der Waals surface area contributed by atoms with Gasteiger partial charge in [0.05, 0.1) is 0 Å². The highest BCUT2D eigenvalue weighted by atomic mass is 13.9. The molecule has 0 N–H and O–H groups in total. The second-order valence-corrected chi connectivity index (χ2v) is 3.18. The minimum Gasteiger partial charge on any atom is -0.104 e. The van der Waals surface area contributed by atoms with Crippen molar-refractivity contribution in [3.63, 3.8) is 0 Å². The molecule has 0 heteroatoms. The third kappa shape index (κ3) is 11.1. The van der Waals surface area contributed by atoms with Crippen LogP contribution in [0, 0.1) is 30.1 Å². The maximum absolute atomic E-state index is 3.17. The molecule has 0 spiro atoms. The van der Waals surface area contributed by atoms with E-state index in [9.17, 15) is 0 Å². The van der Waals surface area contributed by atoms with Gasteiger partial charge in [0.15, 0.2) is 0 Å². The topological polar surface area (TPSA) is 0 Å². The largest absolute Gasteiger partial charge is 0.104 e. The summed E-state index contributed by atoms with van der Waals surface area (Å²) in [5, 5.41) is 0. The van der Waals surface area contributed by atoms with E-state index >= 15 is 0 Å². The lowest BCUT2D eigenvalue weighted by Crippen LogP contribution is -1.76. The van der Waals surface area contributed by atoms with Crippen molar-refractivity contribution in [2.45, 2.75) is 58.8 Å². The Hall–Kier alpha value is -0.880. The van der Waals surface area contributed by atoms with Crippen molar-refractivity contribution in [2.75, 3.05) is 0 Å². The molecule has 0 unspecified atom stereocenters. The minimum absolute atomic E-state index is 0.975. The molecule has 0 rings (SSSR count). The Morgan fingerprint density at radius 2 is 1.36 bits per heavy atom. The normalized spacial score (nSPS) is 8.43. The van der Waals surface area contributed by atoms with E-state index in [4.69, 9.17) is 0 Å². The van der Waals surface area contributed by atoms with Crippen molar-refractivity contribution in [1.82, 2.24) is 0 Å². The molecule has 0 aliphatic rings. The van der Waals surface area contributed by atoms with E-state index in [1.165, 1.54) is 6.42 Å². The number of hydrogen-bond acceptors (Lipinski definition) is 0. The second-order valence-electron chi connectivity index (χ2n) is 3.18. The Kier molecular flexibility index (Phi) is 11.4. The van der Waals surface area contributed by atoms with E-state index in [0.29, 0.717) is 0 Å². The quantitative estimate of drug-likeness (QED) is 0.453. The van der Waals surface area contributed by atoms with Crippen molar-refractivity contribution in [1.29, 1.82) is 0 Å². The SMILES string of the molecule is CCC#CCC[CH]CCC#CCCC. The van der Waals surface area contributed by atoms with Crippen LogP contribution < -0.4 is 0 Å². The summed E-state index contributed by atoms with van der Waals surface area (Å²) < 4.78 is 0. The molecule has 0 aromatic carbocycles. The van der Waals surface area contributed by atoms with Gasteiger partial charge >= 0.3 is 0 Å². The summed E-state index contributed by atoms with van der Waals surface area (Å²) in [7, 11) is 0. The van der Waals surface area contributed by atoms with Gasteiger partial charge in [-0.2, -0.15) is 0 Å². The molecule has 14 heavy (non-hydrogen) atoms. The van der Waals surface area contributed by atoms with E-state index in [1.807, 2.05) is 0 Å². The Balaban J connectivity index is 3.11. The lowest BCUT2D eigenvalue weighted by molar-refractivity contribution is 0.875. The van der Waals surface area contributed by atoms with Crippen molar-refractivity contribution in [3.8, 4) is 23.7 Å². The molecule has 0 aliphatic heterocycles. The van der Waals surface area contributed by atoms with Gasteiger partial charge in [-0.3, -0.25) is 0 Å². The highest BCUT2D eigenvalue weighted by Crippen LogP contribution is 2.00. The summed E-state index contributed by atoms with van der Waals surface area (Å²) in [4.78, 5) is 0. The van der Waals surface area contributed by atoms with Gasteiger partial charge in [-0.25, -0.2) is 0 Å². The molecule has 0 bridgehead atoms. The van der Waals surface area contributed by atoms with Gasteiger partial charge in [0.2, 0.25) is 0 Å². The fraction of sp³-hybridized carbons (Fsp3) is 0.643. The van der Waals surface area contributed by atoms with Crippen molar-refractivity contribution >= 4 is 0 Å². The molecular formula is C14H21. The molecule has 1 radical (unpaired) electrons. The predicted octanol–water partition coefficient (Wildman–Crippen LogP) is 3.97. The maximum Gasteiger partial charge on any atom is 0.00914 e. The molecule has 0 saturated carbocycles. The van der Waals surface area contributed by atoms with Gasteiger partial charge in [-0.1, -0.05) is 13.8 Å². The van der Waals surface area contributed by atoms with Gasteiger partial charge in [0.25, 0.3) is 0 Å². The molecule has 0 nitrogen and oxygen atoms in total. The fourth-order valence-corrected chi connectivity index (χ4v) is 1.01. The van der Waals surface area contributed by atoms with Gasteiger partial charge < -0.3 is 0 Å². The zero-order valence-electron chi connectivity index (χ0n) is 9.53. The van der Waals surface area contributed by atoms with Crippen LogP contribution in [-0.2, 0) is 0 Å². The van der Waals surface area contributed by atoms with Crippen molar-refractivity contribution < 1.29 is 0 Å². The summed E-state index contributed by atoms with van der Waals surface area (Å²) in [6.07, 6.45) is 9.74. The number of unbranched alkanes of at least 4 members (excludes halogenated alkanes) is 5. The van der Waals surface area contributed by atoms with Crippen LogP contribution in [0.25, 0.3) is 0 Å². The third-order valence-electron chi connectivity index (χ3n) is 1.75. The first-order valence-corrected chi connectivity index (χ1v) is 5.64. The summed E-state index contributed by atoms with van der Waals surface area (Å²) in [5.74, 6) is 12.5. The van der Waals surface area contributed by atoms with Crippen LogP contribution in [0.15, 0.2) is 0 Å². The van der Waals surface area contributed by atoms with E-state index in [1.54, 1.807) is 0 Å². The molecular weight excluding hydrogens is 168 g/mol. The number of hydrogen-bond donors (Lipinski definition) is 0. The fourth-order valence-electron chi connectivity index (χ4n) is 1.01. The summed E-state index contributed by atoms with van der Waals surface area (Å²) in [6, 6.07) is 0. The smallest absolute Gasteiger partial charge is 0.00914 e. The highest BCUT2D eigenvalue weighted by molar-refractivity contribution is 5.00. The maximum atomic E-state index is 3.17. The Morgan fingerprint density at radius 1 is 0.786 bits per heavy atom. The predicted molar refractivity (Wildman–Crippen MR) is 63.5 cm³/mol. The van der Waals surface area contributed by atoms with Gasteiger partial charge in [-0.15, -0.1) is 23.7 Å². The lowest BCUT2D eigenvalue weighted by atomic mass is 10.1. The van der Waals surface area contributed by atoms with Crippen molar-refractivity contribution in [3.05, 3.63) is 6.42 Å². The molecule has 0 aromatic rings. The van der Waals surface area contributed by atoms with Gasteiger partial charge in [0.1, 0.15) is 0 Å².